The minimum absolute atomic E-state index is 0.235. The molecule has 2 fully saturated rings. The highest BCUT2D eigenvalue weighted by molar-refractivity contribution is 5.88. The molecule has 1 saturated carbocycles. The van der Waals surface area contributed by atoms with E-state index < -0.39 is 5.60 Å². The van der Waals surface area contributed by atoms with E-state index in [-0.39, 0.29) is 17.8 Å². The number of aromatic amines is 1. The second kappa shape index (κ2) is 7.17. The molecule has 0 amide bonds. The van der Waals surface area contributed by atoms with Gasteiger partial charge in [0.2, 0.25) is 0 Å². The van der Waals surface area contributed by atoms with Gasteiger partial charge in [-0.25, -0.2) is 14.4 Å². The number of anilines is 1. The lowest BCUT2D eigenvalue weighted by Crippen LogP contribution is -2.51. The van der Waals surface area contributed by atoms with Crippen molar-refractivity contribution in [3.05, 3.63) is 47.7 Å². The molecule has 0 radical (unpaired) electrons. The normalized spacial score (nSPS) is 25.1. The van der Waals surface area contributed by atoms with Crippen molar-refractivity contribution in [2.24, 2.45) is 5.92 Å². The molecule has 6 rings (SSSR count). The number of fused-ring (bicyclic) bond motifs is 2. The molecule has 3 N–H and O–H groups in total. The van der Waals surface area contributed by atoms with Gasteiger partial charge in [-0.2, -0.15) is 0 Å². The van der Waals surface area contributed by atoms with Crippen LogP contribution >= 0.6 is 0 Å². The van der Waals surface area contributed by atoms with Crippen molar-refractivity contribution in [3.8, 4) is 5.75 Å². The fourth-order valence-electron chi connectivity index (χ4n) is 4.96. The average Bonchev–Trinajstić information content (AvgIpc) is 3.53. The minimum Gasteiger partial charge on any atom is -0.493 e. The van der Waals surface area contributed by atoms with E-state index in [1.54, 1.807) is 12.4 Å². The third-order valence-electron chi connectivity index (χ3n) is 6.94. The van der Waals surface area contributed by atoms with Crippen LogP contribution in [0.2, 0.25) is 0 Å². The van der Waals surface area contributed by atoms with Gasteiger partial charge in [0.1, 0.15) is 29.4 Å². The number of aliphatic hydroxyl groups is 1. The molecule has 4 heterocycles. The van der Waals surface area contributed by atoms with Gasteiger partial charge in [-0.05, 0) is 30.9 Å². The third-order valence-corrected chi connectivity index (χ3v) is 6.94. The van der Waals surface area contributed by atoms with Crippen molar-refractivity contribution >= 4 is 16.9 Å². The number of H-pyrrole nitrogens is 1. The first kappa shape index (κ1) is 19.0. The van der Waals surface area contributed by atoms with E-state index in [0.717, 1.165) is 16.6 Å². The molecule has 2 aliphatic heterocycles. The average molecular weight is 424 g/mol. The Labute approximate surface area is 179 Å². The predicted molar refractivity (Wildman–Crippen MR) is 113 cm³/mol. The number of nitrogens with zero attached hydrogens (tertiary/aromatic N) is 2. The molecule has 2 aromatic heterocycles. The number of benzene rings is 1. The fourth-order valence-corrected chi connectivity index (χ4v) is 4.96. The SMILES string of the molecule is OC1([C@H]2COc3cc(F)ccc3[C@@H]2Nc2ncnc3[nH]c(C4CC4)cc23)CCOCC1. The number of hydrogen-bond acceptors (Lipinski definition) is 6. The maximum absolute atomic E-state index is 13.9. The Balaban J connectivity index is 1.42. The number of nitrogens with one attached hydrogen (secondary N) is 2. The van der Waals surface area contributed by atoms with Crippen LogP contribution in [0.4, 0.5) is 10.2 Å². The van der Waals surface area contributed by atoms with Crippen molar-refractivity contribution in [3.63, 3.8) is 0 Å². The fraction of sp³-hybridized carbons (Fsp3) is 0.478. The van der Waals surface area contributed by atoms with E-state index in [9.17, 15) is 9.50 Å². The van der Waals surface area contributed by atoms with Crippen molar-refractivity contribution in [2.45, 2.75) is 43.2 Å². The van der Waals surface area contributed by atoms with Crippen LogP contribution in [0.1, 0.15) is 48.9 Å². The molecule has 7 nitrogen and oxygen atoms in total. The van der Waals surface area contributed by atoms with Crippen molar-refractivity contribution < 1.29 is 19.0 Å². The number of hydrogen-bond donors (Lipinski definition) is 3. The zero-order chi connectivity index (χ0) is 21.0. The predicted octanol–water partition coefficient (Wildman–Crippen LogP) is 3.68. The molecule has 2 atom stereocenters. The van der Waals surface area contributed by atoms with Crippen LogP contribution in [0.25, 0.3) is 11.0 Å². The maximum Gasteiger partial charge on any atom is 0.143 e. The summed E-state index contributed by atoms with van der Waals surface area (Å²) in [6, 6.07) is 6.42. The lowest BCUT2D eigenvalue weighted by Gasteiger charge is -2.45. The van der Waals surface area contributed by atoms with Gasteiger partial charge in [-0.3, -0.25) is 0 Å². The summed E-state index contributed by atoms with van der Waals surface area (Å²) in [6.07, 6.45) is 4.99. The van der Waals surface area contributed by atoms with Gasteiger partial charge >= 0.3 is 0 Å². The lowest BCUT2D eigenvalue weighted by molar-refractivity contribution is -0.116. The first-order chi connectivity index (χ1) is 15.1. The summed E-state index contributed by atoms with van der Waals surface area (Å²) < 4.78 is 25.3. The number of halogens is 1. The molecule has 162 valence electrons. The summed E-state index contributed by atoms with van der Waals surface area (Å²) in [7, 11) is 0. The van der Waals surface area contributed by atoms with Gasteiger partial charge in [0.05, 0.1) is 23.6 Å². The standard InChI is InChI=1S/C23H25FN4O3/c24-14-3-4-15-19(9-14)31-11-17(23(29)5-7-30-8-6-23)20(15)28-22-16-10-18(13-1-2-13)27-21(16)25-12-26-22/h3-4,9-10,12-13,17,20,29H,1-2,5-8,11H2,(H2,25,26,27,28)/t17-,20-/m0/s1. The first-order valence-corrected chi connectivity index (χ1v) is 10.9. The highest BCUT2D eigenvalue weighted by Crippen LogP contribution is 2.46. The summed E-state index contributed by atoms with van der Waals surface area (Å²) >= 11 is 0. The van der Waals surface area contributed by atoms with Gasteiger partial charge in [-0.15, -0.1) is 0 Å². The summed E-state index contributed by atoms with van der Waals surface area (Å²) in [5.74, 6) is 1.20. The monoisotopic (exact) mass is 424 g/mol. The molecule has 3 aliphatic rings. The van der Waals surface area contributed by atoms with Crippen molar-refractivity contribution in [1.82, 2.24) is 15.0 Å². The Morgan fingerprint density at radius 1 is 1.16 bits per heavy atom. The van der Waals surface area contributed by atoms with Crippen molar-refractivity contribution in [2.75, 3.05) is 25.1 Å². The molecule has 0 bridgehead atoms. The largest absolute Gasteiger partial charge is 0.493 e. The van der Waals surface area contributed by atoms with Crippen LogP contribution in [-0.2, 0) is 4.74 Å². The molecule has 3 aromatic rings. The van der Waals surface area contributed by atoms with Crippen molar-refractivity contribution in [1.29, 1.82) is 0 Å². The van der Waals surface area contributed by atoms with Crippen LogP contribution in [-0.4, -0.2) is 45.5 Å². The summed E-state index contributed by atoms with van der Waals surface area (Å²) in [4.78, 5) is 12.3. The number of aromatic nitrogens is 3. The van der Waals surface area contributed by atoms with Gasteiger partial charge in [0.15, 0.2) is 0 Å². The van der Waals surface area contributed by atoms with E-state index in [0.29, 0.717) is 50.1 Å². The Morgan fingerprint density at radius 2 is 2.00 bits per heavy atom. The quantitative estimate of drug-likeness (QED) is 0.592. The van der Waals surface area contributed by atoms with E-state index >= 15 is 0 Å². The lowest BCUT2D eigenvalue weighted by atomic mass is 9.74. The van der Waals surface area contributed by atoms with E-state index in [1.807, 2.05) is 0 Å². The maximum atomic E-state index is 13.9. The van der Waals surface area contributed by atoms with E-state index in [2.05, 4.69) is 26.3 Å². The number of rotatable bonds is 4. The van der Waals surface area contributed by atoms with Gasteiger partial charge in [0.25, 0.3) is 0 Å². The Bertz CT molecular complexity index is 1120. The Kier molecular flexibility index (Phi) is 4.40. The van der Waals surface area contributed by atoms with Crippen LogP contribution in [0.3, 0.4) is 0 Å². The van der Waals surface area contributed by atoms with Gasteiger partial charge < -0.3 is 24.9 Å². The highest BCUT2D eigenvalue weighted by Gasteiger charge is 2.46. The van der Waals surface area contributed by atoms with E-state index in [4.69, 9.17) is 9.47 Å². The van der Waals surface area contributed by atoms with Gasteiger partial charge in [-0.1, -0.05) is 6.07 Å². The molecule has 8 heteroatoms. The first-order valence-electron chi connectivity index (χ1n) is 10.9. The molecule has 1 aliphatic carbocycles. The van der Waals surface area contributed by atoms with Crippen LogP contribution in [0.5, 0.6) is 5.75 Å². The zero-order valence-electron chi connectivity index (χ0n) is 17.1. The van der Waals surface area contributed by atoms with Gasteiger partial charge in [0, 0.05) is 49.3 Å². The topological polar surface area (TPSA) is 92.3 Å². The third kappa shape index (κ3) is 3.34. The summed E-state index contributed by atoms with van der Waals surface area (Å²) in [5, 5.41) is 16.0. The molecular formula is C23H25FN4O3. The second-order valence-electron chi connectivity index (χ2n) is 8.92. The summed E-state index contributed by atoms with van der Waals surface area (Å²) in [6.45, 7) is 1.31. The smallest absolute Gasteiger partial charge is 0.143 e. The Hall–Kier alpha value is -2.71. The molecule has 0 unspecified atom stereocenters. The zero-order valence-corrected chi connectivity index (χ0v) is 17.1. The second-order valence-corrected chi connectivity index (χ2v) is 8.92. The highest BCUT2D eigenvalue weighted by atomic mass is 19.1. The summed E-state index contributed by atoms with van der Waals surface area (Å²) in [5.41, 5.74) is 1.87. The molecule has 1 saturated heterocycles. The molecule has 0 spiro atoms. The Morgan fingerprint density at radius 3 is 2.81 bits per heavy atom. The van der Waals surface area contributed by atoms with E-state index in [1.165, 1.54) is 30.7 Å². The minimum atomic E-state index is -0.939. The number of ether oxygens (including phenoxy) is 2. The van der Waals surface area contributed by atoms with Crippen LogP contribution in [0, 0.1) is 11.7 Å². The molecular weight excluding hydrogens is 399 g/mol. The molecule has 31 heavy (non-hydrogen) atoms. The van der Waals surface area contributed by atoms with Crippen LogP contribution < -0.4 is 10.1 Å². The molecule has 1 aromatic carbocycles. The van der Waals surface area contributed by atoms with Crippen LogP contribution in [0.15, 0.2) is 30.6 Å².